The van der Waals surface area contributed by atoms with Crippen LogP contribution in [-0.2, 0) is 0 Å². The minimum atomic E-state index is -0.535. The van der Waals surface area contributed by atoms with E-state index in [-0.39, 0.29) is 26.6 Å². The monoisotopic (exact) mass is 356 g/mol. The van der Waals surface area contributed by atoms with Crippen molar-refractivity contribution in [2.45, 2.75) is 0 Å². The summed E-state index contributed by atoms with van der Waals surface area (Å²) in [6, 6.07) is 10.3. The van der Waals surface area contributed by atoms with Crippen LogP contribution in [0.1, 0.15) is 5.56 Å². The molecule has 0 N–H and O–H groups in total. The Labute approximate surface area is 127 Å². The summed E-state index contributed by atoms with van der Waals surface area (Å²) in [5.74, 6) is -0.535. The number of hydrogen-bond donors (Lipinski definition) is 0. The summed E-state index contributed by atoms with van der Waals surface area (Å²) < 4.78 is 14.1. The number of halogens is 3. The molecular weight excluding hydrogens is 351 g/mol. The number of aliphatic imine (C=N–C) groups is 1. The Balaban J connectivity index is 2.42. The van der Waals surface area contributed by atoms with E-state index < -0.39 is 10.7 Å². The largest absolute Gasteiger partial charge is 0.271 e. The third-order valence-electron chi connectivity index (χ3n) is 2.44. The lowest BCUT2D eigenvalue weighted by Gasteiger charge is -2.02. The molecule has 0 aliphatic carbocycles. The number of rotatable bonds is 3. The molecule has 0 heterocycles. The van der Waals surface area contributed by atoms with Gasteiger partial charge in [0.15, 0.2) is 0 Å². The number of nitro benzene ring substituents is 1. The summed E-state index contributed by atoms with van der Waals surface area (Å²) in [5, 5.41) is 10.6. The first-order chi connectivity index (χ1) is 9.49. The smallest absolute Gasteiger partial charge is 0.258 e. The van der Waals surface area contributed by atoms with Gasteiger partial charge < -0.3 is 0 Å². The van der Waals surface area contributed by atoms with E-state index in [2.05, 4.69) is 20.9 Å². The molecule has 0 aromatic heterocycles. The minimum absolute atomic E-state index is 0.0794. The van der Waals surface area contributed by atoms with Gasteiger partial charge in [-0.1, -0.05) is 23.7 Å². The molecule has 4 nitrogen and oxygen atoms in total. The molecule has 20 heavy (non-hydrogen) atoms. The Morgan fingerprint density at radius 2 is 2.00 bits per heavy atom. The molecule has 0 bridgehead atoms. The van der Waals surface area contributed by atoms with Crippen molar-refractivity contribution in [3.8, 4) is 0 Å². The van der Waals surface area contributed by atoms with Crippen LogP contribution >= 0.6 is 27.5 Å². The van der Waals surface area contributed by atoms with E-state index in [9.17, 15) is 14.5 Å². The molecule has 0 spiro atoms. The van der Waals surface area contributed by atoms with Crippen LogP contribution in [0.5, 0.6) is 0 Å². The van der Waals surface area contributed by atoms with Crippen LogP contribution in [0.4, 0.5) is 15.8 Å². The van der Waals surface area contributed by atoms with Gasteiger partial charge in [0.1, 0.15) is 11.0 Å². The maximum atomic E-state index is 13.8. The third kappa shape index (κ3) is 3.20. The second-order valence-corrected chi connectivity index (χ2v) is 4.99. The first-order valence-corrected chi connectivity index (χ1v) is 6.59. The van der Waals surface area contributed by atoms with E-state index in [0.29, 0.717) is 0 Å². The normalized spacial score (nSPS) is 11.4. The second kappa shape index (κ2) is 6.11. The van der Waals surface area contributed by atoms with Crippen LogP contribution in [0.3, 0.4) is 0 Å². The lowest BCUT2D eigenvalue weighted by molar-refractivity contribution is -0.384. The molecule has 7 heteroatoms. The van der Waals surface area contributed by atoms with Gasteiger partial charge >= 0.3 is 0 Å². The van der Waals surface area contributed by atoms with E-state index in [1.54, 1.807) is 12.1 Å². The zero-order valence-corrected chi connectivity index (χ0v) is 12.2. The van der Waals surface area contributed by atoms with Crippen molar-refractivity contribution < 1.29 is 9.31 Å². The fraction of sp³-hybridized carbons (Fsp3) is 0. The van der Waals surface area contributed by atoms with E-state index in [0.717, 1.165) is 0 Å². The van der Waals surface area contributed by atoms with Crippen LogP contribution in [0.15, 0.2) is 51.9 Å². The maximum absolute atomic E-state index is 13.8. The quantitative estimate of drug-likeness (QED) is 0.449. The van der Waals surface area contributed by atoms with Gasteiger partial charge in [-0.15, -0.1) is 0 Å². The van der Waals surface area contributed by atoms with Gasteiger partial charge in [-0.25, -0.2) is 9.38 Å². The Morgan fingerprint density at radius 1 is 1.30 bits per heavy atom. The molecule has 0 fully saturated rings. The van der Waals surface area contributed by atoms with Crippen molar-refractivity contribution in [2.24, 2.45) is 4.99 Å². The van der Waals surface area contributed by atoms with Crippen molar-refractivity contribution >= 4 is 44.1 Å². The number of non-ortho nitro benzene ring substituents is 1. The Kier molecular flexibility index (Phi) is 4.46. The molecule has 0 saturated carbocycles. The lowest BCUT2D eigenvalue weighted by atomic mass is 10.2. The highest BCUT2D eigenvalue weighted by molar-refractivity contribution is 9.10. The van der Waals surface area contributed by atoms with Gasteiger partial charge in [-0.2, -0.15) is 0 Å². The van der Waals surface area contributed by atoms with Crippen LogP contribution in [0, 0.1) is 15.9 Å². The van der Waals surface area contributed by atoms with Crippen molar-refractivity contribution in [1.29, 1.82) is 0 Å². The molecule has 102 valence electrons. The number of nitro groups is 1. The van der Waals surface area contributed by atoms with Gasteiger partial charge in [0.05, 0.1) is 15.1 Å². The molecule has 0 amide bonds. The SMILES string of the molecule is O=[N+]([O-])c1cccc(/N=C(\Cl)c2cccc(Br)c2F)c1. The summed E-state index contributed by atoms with van der Waals surface area (Å²) in [6.45, 7) is 0. The van der Waals surface area contributed by atoms with Gasteiger partial charge in [0.25, 0.3) is 5.69 Å². The highest BCUT2D eigenvalue weighted by Gasteiger charge is 2.11. The number of benzene rings is 2. The Bertz CT molecular complexity index is 707. The highest BCUT2D eigenvalue weighted by Crippen LogP contribution is 2.24. The van der Waals surface area contributed by atoms with Crippen LogP contribution < -0.4 is 0 Å². The van der Waals surface area contributed by atoms with E-state index >= 15 is 0 Å². The van der Waals surface area contributed by atoms with E-state index in [1.165, 1.54) is 30.3 Å². The second-order valence-electron chi connectivity index (χ2n) is 3.78. The maximum Gasteiger partial charge on any atom is 0.271 e. The molecule has 2 aromatic carbocycles. The predicted octanol–water partition coefficient (Wildman–Crippen LogP) is 4.81. The molecule has 0 saturated heterocycles. The summed E-state index contributed by atoms with van der Waals surface area (Å²) in [5.41, 5.74) is 0.293. The summed E-state index contributed by atoms with van der Waals surface area (Å²) in [7, 11) is 0. The summed E-state index contributed by atoms with van der Waals surface area (Å²) in [6.07, 6.45) is 0. The lowest BCUT2D eigenvalue weighted by Crippen LogP contribution is -1.96. The Morgan fingerprint density at radius 3 is 2.70 bits per heavy atom. The van der Waals surface area contributed by atoms with Crippen LogP contribution in [0.2, 0.25) is 0 Å². The molecular formula is C13H7BrClFN2O2. The van der Waals surface area contributed by atoms with Crippen molar-refractivity contribution in [2.75, 3.05) is 0 Å². The first-order valence-electron chi connectivity index (χ1n) is 5.42. The van der Waals surface area contributed by atoms with Crippen LogP contribution in [-0.4, -0.2) is 10.1 Å². The van der Waals surface area contributed by atoms with Crippen molar-refractivity contribution in [3.05, 3.63) is 68.4 Å². The fourth-order valence-corrected chi connectivity index (χ4v) is 2.12. The van der Waals surface area contributed by atoms with E-state index in [1.807, 2.05) is 0 Å². The van der Waals surface area contributed by atoms with Gasteiger partial charge in [-0.05, 0) is 34.1 Å². The van der Waals surface area contributed by atoms with Gasteiger partial charge in [0.2, 0.25) is 0 Å². The molecule has 0 aliphatic heterocycles. The fourth-order valence-electron chi connectivity index (χ4n) is 1.51. The zero-order valence-electron chi connectivity index (χ0n) is 9.89. The molecule has 2 aromatic rings. The third-order valence-corrected chi connectivity index (χ3v) is 3.34. The predicted molar refractivity (Wildman–Crippen MR) is 79.2 cm³/mol. The summed E-state index contributed by atoms with van der Waals surface area (Å²) in [4.78, 5) is 14.1. The summed E-state index contributed by atoms with van der Waals surface area (Å²) >= 11 is 9.02. The molecule has 2 rings (SSSR count). The van der Waals surface area contributed by atoms with Crippen molar-refractivity contribution in [3.63, 3.8) is 0 Å². The van der Waals surface area contributed by atoms with Crippen LogP contribution in [0.25, 0.3) is 0 Å². The molecule has 0 aliphatic rings. The van der Waals surface area contributed by atoms with Gasteiger partial charge in [0, 0.05) is 17.7 Å². The van der Waals surface area contributed by atoms with Gasteiger partial charge in [-0.3, -0.25) is 10.1 Å². The first kappa shape index (κ1) is 14.6. The molecule has 0 atom stereocenters. The topological polar surface area (TPSA) is 55.5 Å². The number of nitrogens with zero attached hydrogens (tertiary/aromatic N) is 2. The molecule has 0 unspecified atom stereocenters. The highest BCUT2D eigenvalue weighted by atomic mass is 79.9. The minimum Gasteiger partial charge on any atom is -0.258 e. The zero-order chi connectivity index (χ0) is 14.7. The Hall–Kier alpha value is -1.79. The number of hydrogen-bond acceptors (Lipinski definition) is 3. The average Bonchev–Trinajstić information content (AvgIpc) is 2.42. The van der Waals surface area contributed by atoms with E-state index in [4.69, 9.17) is 11.6 Å². The standard InChI is InChI=1S/C13H7BrClFN2O2/c14-11-6-2-5-10(12(11)16)13(15)17-8-3-1-4-9(7-8)18(19)20/h1-7H/b17-13-. The molecule has 0 radical (unpaired) electrons. The average molecular weight is 358 g/mol. The van der Waals surface area contributed by atoms with Crippen molar-refractivity contribution in [1.82, 2.24) is 0 Å².